The number of aryl methyl sites for hydroxylation is 1. The van der Waals surface area contributed by atoms with Crippen LogP contribution in [0.2, 0.25) is 0 Å². The van der Waals surface area contributed by atoms with Gasteiger partial charge >= 0.3 is 0 Å². The molecule has 0 radical (unpaired) electrons. The van der Waals surface area contributed by atoms with Crippen molar-refractivity contribution < 1.29 is 8.42 Å². The van der Waals surface area contributed by atoms with Crippen LogP contribution in [-0.4, -0.2) is 60.4 Å². The first-order chi connectivity index (χ1) is 15.3. The van der Waals surface area contributed by atoms with Gasteiger partial charge in [-0.2, -0.15) is 9.19 Å². The number of pyridine rings is 1. The summed E-state index contributed by atoms with van der Waals surface area (Å²) in [6, 6.07) is 4.18. The van der Waals surface area contributed by atoms with Crippen molar-refractivity contribution >= 4 is 21.1 Å². The largest absolute Gasteiger partial charge is 0.326 e. The molecule has 0 aromatic carbocycles. The van der Waals surface area contributed by atoms with Crippen molar-refractivity contribution in [2.75, 3.05) is 13.1 Å². The van der Waals surface area contributed by atoms with Gasteiger partial charge in [-0.25, -0.2) is 23.4 Å². The van der Waals surface area contributed by atoms with Crippen molar-refractivity contribution in [3.05, 3.63) is 54.1 Å². The Kier molecular flexibility index (Phi) is 5.01. The lowest BCUT2D eigenvalue weighted by Gasteiger charge is -2.26. The molecule has 0 spiro atoms. The smallest absolute Gasteiger partial charge is 0.259 e. The number of hydrogen-bond acceptors (Lipinski definition) is 8. The average molecular weight is 453 g/mol. The molecule has 0 saturated carbocycles. The normalized spacial score (nSPS) is 14.9. The molecule has 5 heterocycles. The summed E-state index contributed by atoms with van der Waals surface area (Å²) in [6.07, 6.45) is 6.94. The van der Waals surface area contributed by atoms with E-state index >= 15 is 0 Å². The van der Waals surface area contributed by atoms with E-state index in [1.165, 1.54) is 12.4 Å². The Bertz CT molecular complexity index is 1400. The Morgan fingerprint density at radius 3 is 2.69 bits per heavy atom. The van der Waals surface area contributed by atoms with Crippen molar-refractivity contribution in [2.45, 2.75) is 38.5 Å². The first-order valence-electron chi connectivity index (χ1n) is 10.5. The van der Waals surface area contributed by atoms with E-state index in [4.69, 9.17) is 0 Å². The molecular formula is C21H24N8O2S. The fourth-order valence-corrected chi connectivity index (χ4v) is 5.31. The van der Waals surface area contributed by atoms with Gasteiger partial charge in [-0.1, -0.05) is 0 Å². The van der Waals surface area contributed by atoms with Gasteiger partial charge in [-0.3, -0.25) is 4.98 Å². The third-order valence-electron chi connectivity index (χ3n) is 5.65. The highest BCUT2D eigenvalue weighted by molar-refractivity contribution is 7.90. The lowest BCUT2D eigenvalue weighted by Crippen LogP contribution is -2.53. The molecule has 1 aliphatic heterocycles. The maximum absolute atomic E-state index is 12.6. The summed E-state index contributed by atoms with van der Waals surface area (Å²) in [5.41, 5.74) is 4.14. The highest BCUT2D eigenvalue weighted by Gasteiger charge is 2.33. The molecule has 0 unspecified atom stereocenters. The second-order valence-electron chi connectivity index (χ2n) is 8.26. The van der Waals surface area contributed by atoms with Gasteiger partial charge in [0.15, 0.2) is 5.82 Å². The Labute approximate surface area is 185 Å². The number of hydrogen-bond donors (Lipinski definition) is 1. The Morgan fingerprint density at radius 1 is 1.16 bits per heavy atom. The van der Waals surface area contributed by atoms with Gasteiger partial charge in [-0.05, 0) is 32.9 Å². The van der Waals surface area contributed by atoms with E-state index in [9.17, 15) is 8.42 Å². The maximum atomic E-state index is 12.6. The predicted octanol–water partition coefficient (Wildman–Crippen LogP) is 1.71. The number of imidazole rings is 1. The van der Waals surface area contributed by atoms with Gasteiger partial charge in [0.25, 0.3) is 10.0 Å². The van der Waals surface area contributed by atoms with E-state index in [-0.39, 0.29) is 0 Å². The number of rotatable bonds is 6. The van der Waals surface area contributed by atoms with E-state index < -0.39 is 15.3 Å². The van der Waals surface area contributed by atoms with Crippen LogP contribution in [0.4, 0.5) is 0 Å². The summed E-state index contributed by atoms with van der Waals surface area (Å²) in [5, 5.41) is 6.56. The molecule has 166 valence electrons. The minimum atomic E-state index is -3.51. The van der Waals surface area contributed by atoms with Gasteiger partial charge in [-0.15, -0.1) is 0 Å². The summed E-state index contributed by atoms with van der Waals surface area (Å²) in [5.74, 6) is 1.39. The van der Waals surface area contributed by atoms with Crippen LogP contribution in [0, 0.1) is 6.92 Å². The SMILES string of the molecule is Cc1nc2cnc(Cc3ccnc(-c4cnn(S(=O)(=O)C5CNC5)c4)n3)cc2n1C(C)C. The molecule has 32 heavy (non-hydrogen) atoms. The topological polar surface area (TPSA) is 120 Å². The molecule has 0 amide bonds. The summed E-state index contributed by atoms with van der Waals surface area (Å²) in [6.45, 7) is 7.14. The van der Waals surface area contributed by atoms with Crippen molar-refractivity contribution in [1.29, 1.82) is 0 Å². The third kappa shape index (κ3) is 3.56. The molecule has 0 atom stereocenters. The van der Waals surface area contributed by atoms with Crippen molar-refractivity contribution in [1.82, 2.24) is 39.0 Å². The van der Waals surface area contributed by atoms with Crippen LogP contribution in [0.3, 0.4) is 0 Å². The number of nitrogens with one attached hydrogen (secondary N) is 1. The van der Waals surface area contributed by atoms with Gasteiger partial charge in [0, 0.05) is 37.4 Å². The molecule has 4 aromatic rings. The molecular weight excluding hydrogens is 428 g/mol. The van der Waals surface area contributed by atoms with Crippen LogP contribution >= 0.6 is 0 Å². The molecule has 11 heteroatoms. The minimum Gasteiger partial charge on any atom is -0.326 e. The number of fused-ring (bicyclic) bond motifs is 1. The number of nitrogens with zero attached hydrogens (tertiary/aromatic N) is 7. The zero-order valence-electron chi connectivity index (χ0n) is 18.1. The summed E-state index contributed by atoms with van der Waals surface area (Å²) < 4.78 is 28.3. The lowest BCUT2D eigenvalue weighted by atomic mass is 10.2. The lowest BCUT2D eigenvalue weighted by molar-refractivity contribution is 0.486. The summed E-state index contributed by atoms with van der Waals surface area (Å²) >= 11 is 0. The van der Waals surface area contributed by atoms with Gasteiger partial charge in [0.05, 0.1) is 35.4 Å². The van der Waals surface area contributed by atoms with Crippen LogP contribution in [0.25, 0.3) is 22.4 Å². The van der Waals surface area contributed by atoms with Crippen LogP contribution in [0.5, 0.6) is 0 Å². The maximum Gasteiger partial charge on any atom is 0.259 e. The van der Waals surface area contributed by atoms with E-state index in [0.717, 1.165) is 32.3 Å². The monoisotopic (exact) mass is 452 g/mol. The van der Waals surface area contributed by atoms with Crippen LogP contribution in [0.1, 0.15) is 37.1 Å². The van der Waals surface area contributed by atoms with Gasteiger partial charge < -0.3 is 9.88 Å². The Morgan fingerprint density at radius 2 is 1.97 bits per heavy atom. The van der Waals surface area contributed by atoms with Crippen LogP contribution < -0.4 is 5.32 Å². The van der Waals surface area contributed by atoms with Gasteiger partial charge in [0.1, 0.15) is 16.6 Å². The Balaban J connectivity index is 1.42. The second kappa shape index (κ2) is 7.75. The fraction of sp³-hybridized carbons (Fsp3) is 0.381. The summed E-state index contributed by atoms with van der Waals surface area (Å²) in [7, 11) is -3.51. The molecule has 0 bridgehead atoms. The Hall–Kier alpha value is -3.18. The number of aromatic nitrogens is 7. The van der Waals surface area contributed by atoms with Crippen LogP contribution in [0.15, 0.2) is 36.9 Å². The molecule has 0 aliphatic carbocycles. The van der Waals surface area contributed by atoms with E-state index in [0.29, 0.717) is 36.9 Å². The van der Waals surface area contributed by atoms with Crippen molar-refractivity contribution in [3.63, 3.8) is 0 Å². The average Bonchev–Trinajstić information content (AvgIpc) is 3.31. The molecule has 1 N–H and O–H groups in total. The van der Waals surface area contributed by atoms with E-state index in [1.54, 1.807) is 12.4 Å². The van der Waals surface area contributed by atoms with Crippen molar-refractivity contribution in [3.8, 4) is 11.4 Å². The zero-order valence-corrected chi connectivity index (χ0v) is 18.9. The first kappa shape index (κ1) is 20.7. The standard InChI is InChI=1S/C21H24N8O2S/c1-13(2)29-14(3)26-19-11-24-17(7-20(19)29)6-16-4-5-23-21(27-16)15-8-25-28(12-15)32(30,31)18-9-22-10-18/h4-5,7-8,11-13,18,22H,6,9-10H2,1-3H3. The second-order valence-corrected chi connectivity index (χ2v) is 10.3. The fourth-order valence-electron chi connectivity index (χ4n) is 3.91. The predicted molar refractivity (Wildman–Crippen MR) is 120 cm³/mol. The highest BCUT2D eigenvalue weighted by Crippen LogP contribution is 2.22. The molecule has 1 fully saturated rings. The molecule has 10 nitrogen and oxygen atoms in total. The summed E-state index contributed by atoms with van der Waals surface area (Å²) in [4.78, 5) is 18.1. The quantitative estimate of drug-likeness (QED) is 0.469. The highest BCUT2D eigenvalue weighted by atomic mass is 32.2. The first-order valence-corrected chi connectivity index (χ1v) is 12.0. The minimum absolute atomic E-state index is 0.296. The van der Waals surface area contributed by atoms with Gasteiger partial charge in [0.2, 0.25) is 0 Å². The third-order valence-corrected chi connectivity index (χ3v) is 7.54. The molecule has 5 rings (SSSR count). The molecule has 4 aromatic heterocycles. The molecule has 1 aliphatic rings. The van der Waals surface area contributed by atoms with Crippen LogP contribution in [-0.2, 0) is 16.4 Å². The zero-order chi connectivity index (χ0) is 22.5. The molecule has 1 saturated heterocycles. The van der Waals surface area contributed by atoms with Crippen molar-refractivity contribution in [2.24, 2.45) is 0 Å². The van der Waals surface area contributed by atoms with E-state index in [2.05, 4.69) is 48.8 Å². The van der Waals surface area contributed by atoms with E-state index in [1.807, 2.05) is 19.1 Å².